The quantitative estimate of drug-likeness (QED) is 0.833. The Morgan fingerprint density at radius 2 is 1.77 bits per heavy atom. The van der Waals surface area contributed by atoms with E-state index in [1.165, 1.54) is 0 Å². The van der Waals surface area contributed by atoms with E-state index in [0.717, 1.165) is 75.8 Å². The average molecular weight is 322 g/mol. The van der Waals surface area contributed by atoms with E-state index in [9.17, 15) is 4.79 Å². The molecule has 5 heteroatoms. The van der Waals surface area contributed by atoms with Crippen molar-refractivity contribution in [2.75, 3.05) is 50.7 Å². The third kappa shape index (κ3) is 3.73. The highest BCUT2D eigenvalue weighted by Crippen LogP contribution is 2.26. The van der Waals surface area contributed by atoms with Crippen molar-refractivity contribution in [3.8, 4) is 0 Å². The Bertz CT molecular complexity index is 514. The summed E-state index contributed by atoms with van der Waals surface area (Å²) < 4.78 is 0. The summed E-state index contributed by atoms with van der Waals surface area (Å²) in [7, 11) is 0. The number of likely N-dealkylation sites (tertiary alicyclic amines) is 1. The molecule has 22 heavy (non-hydrogen) atoms. The summed E-state index contributed by atoms with van der Waals surface area (Å²) in [5.74, 6) is 0.337. The molecule has 2 aliphatic rings. The van der Waals surface area contributed by atoms with Crippen LogP contribution in [-0.2, 0) is 4.79 Å². The van der Waals surface area contributed by atoms with Crippen LogP contribution in [0.2, 0.25) is 5.02 Å². The largest absolute Gasteiger partial charge is 0.368 e. The number of carbonyl (C=O) groups is 1. The van der Waals surface area contributed by atoms with Crippen molar-refractivity contribution >= 4 is 23.2 Å². The fraction of sp³-hybridized carbons (Fsp3) is 0.588. The van der Waals surface area contributed by atoms with Crippen LogP contribution in [0.4, 0.5) is 5.69 Å². The molecular weight excluding hydrogens is 298 g/mol. The smallest absolute Gasteiger partial charge is 0.222 e. The Hall–Kier alpha value is -1.26. The Balaban J connectivity index is 1.40. The van der Waals surface area contributed by atoms with Crippen LogP contribution in [0.5, 0.6) is 0 Å². The zero-order valence-corrected chi connectivity index (χ0v) is 13.8. The molecule has 0 aliphatic carbocycles. The molecule has 1 aromatic rings. The van der Waals surface area contributed by atoms with Crippen LogP contribution in [0.25, 0.3) is 0 Å². The molecule has 1 aromatic carbocycles. The van der Waals surface area contributed by atoms with Gasteiger partial charge in [-0.25, -0.2) is 0 Å². The standard InChI is InChI=1S/C17H24ClN3O/c18-15-5-1-2-6-16(15)20-13-11-19(12-14-20)8-4-10-21-9-3-7-17(21)22/h1-2,5-6H,3-4,7-14H2. The molecule has 0 aromatic heterocycles. The second-order valence-electron chi connectivity index (χ2n) is 6.12. The van der Waals surface area contributed by atoms with Crippen molar-refractivity contribution in [1.29, 1.82) is 0 Å². The molecule has 120 valence electrons. The summed E-state index contributed by atoms with van der Waals surface area (Å²) in [4.78, 5) is 18.5. The van der Waals surface area contributed by atoms with Gasteiger partial charge in [0.25, 0.3) is 0 Å². The third-order valence-corrected chi connectivity index (χ3v) is 4.96. The number of benzene rings is 1. The van der Waals surface area contributed by atoms with Crippen LogP contribution < -0.4 is 4.90 Å². The maximum Gasteiger partial charge on any atom is 0.222 e. The number of nitrogens with zero attached hydrogens (tertiary/aromatic N) is 3. The fourth-order valence-corrected chi connectivity index (χ4v) is 3.60. The second kappa shape index (κ2) is 7.34. The molecule has 2 aliphatic heterocycles. The Morgan fingerprint density at radius 1 is 1.00 bits per heavy atom. The van der Waals surface area contributed by atoms with E-state index in [0.29, 0.717) is 5.91 Å². The van der Waals surface area contributed by atoms with Gasteiger partial charge >= 0.3 is 0 Å². The van der Waals surface area contributed by atoms with Crippen molar-refractivity contribution in [2.45, 2.75) is 19.3 Å². The minimum atomic E-state index is 0.337. The van der Waals surface area contributed by atoms with Gasteiger partial charge in [0.05, 0.1) is 10.7 Å². The monoisotopic (exact) mass is 321 g/mol. The SMILES string of the molecule is O=C1CCCN1CCCN1CCN(c2ccccc2Cl)CC1. The van der Waals surface area contributed by atoms with Crippen LogP contribution in [0.1, 0.15) is 19.3 Å². The molecule has 0 unspecified atom stereocenters. The maximum atomic E-state index is 11.6. The molecule has 0 N–H and O–H groups in total. The Labute approximate surface area is 137 Å². The predicted octanol–water partition coefficient (Wildman–Crippen LogP) is 2.47. The number of piperazine rings is 1. The average Bonchev–Trinajstić information content (AvgIpc) is 2.94. The first-order valence-corrected chi connectivity index (χ1v) is 8.61. The van der Waals surface area contributed by atoms with Gasteiger partial charge in [0.15, 0.2) is 0 Å². The van der Waals surface area contributed by atoms with Gasteiger partial charge in [-0.15, -0.1) is 0 Å². The van der Waals surface area contributed by atoms with Gasteiger partial charge in [0.2, 0.25) is 5.91 Å². The Morgan fingerprint density at radius 3 is 2.45 bits per heavy atom. The van der Waals surface area contributed by atoms with Crippen LogP contribution >= 0.6 is 11.6 Å². The summed E-state index contributed by atoms with van der Waals surface area (Å²) in [5.41, 5.74) is 1.14. The molecule has 0 atom stereocenters. The van der Waals surface area contributed by atoms with Crippen molar-refractivity contribution in [3.63, 3.8) is 0 Å². The maximum absolute atomic E-state index is 11.6. The van der Waals surface area contributed by atoms with Crippen molar-refractivity contribution < 1.29 is 4.79 Å². The minimum Gasteiger partial charge on any atom is -0.368 e. The lowest BCUT2D eigenvalue weighted by Gasteiger charge is -2.36. The van der Waals surface area contributed by atoms with E-state index in [1.807, 2.05) is 23.1 Å². The zero-order chi connectivity index (χ0) is 15.4. The van der Waals surface area contributed by atoms with E-state index in [4.69, 9.17) is 11.6 Å². The molecule has 4 nitrogen and oxygen atoms in total. The third-order valence-electron chi connectivity index (χ3n) is 4.64. The molecule has 0 saturated carbocycles. The number of hydrogen-bond acceptors (Lipinski definition) is 3. The lowest BCUT2D eigenvalue weighted by atomic mass is 10.2. The van der Waals surface area contributed by atoms with Gasteiger partial charge in [-0.3, -0.25) is 9.69 Å². The first-order chi connectivity index (χ1) is 10.7. The molecule has 2 fully saturated rings. The molecule has 0 radical (unpaired) electrons. The normalized spacial score (nSPS) is 20.0. The summed E-state index contributed by atoms with van der Waals surface area (Å²) in [6.07, 6.45) is 2.86. The van der Waals surface area contributed by atoms with Crippen molar-refractivity contribution in [1.82, 2.24) is 9.80 Å². The summed E-state index contributed by atoms with van der Waals surface area (Å²) in [6.45, 7) is 7.14. The molecule has 0 bridgehead atoms. The highest BCUT2D eigenvalue weighted by molar-refractivity contribution is 6.33. The first kappa shape index (κ1) is 15.6. The zero-order valence-electron chi connectivity index (χ0n) is 13.0. The summed E-state index contributed by atoms with van der Waals surface area (Å²) >= 11 is 6.27. The highest BCUT2D eigenvalue weighted by Gasteiger charge is 2.21. The van der Waals surface area contributed by atoms with Crippen molar-refractivity contribution in [3.05, 3.63) is 29.3 Å². The van der Waals surface area contributed by atoms with E-state index in [1.54, 1.807) is 0 Å². The van der Waals surface area contributed by atoms with E-state index >= 15 is 0 Å². The minimum absolute atomic E-state index is 0.337. The summed E-state index contributed by atoms with van der Waals surface area (Å²) in [5, 5.41) is 0.837. The fourth-order valence-electron chi connectivity index (χ4n) is 3.35. The summed E-state index contributed by atoms with van der Waals surface area (Å²) in [6, 6.07) is 8.07. The van der Waals surface area contributed by atoms with Crippen molar-refractivity contribution in [2.24, 2.45) is 0 Å². The van der Waals surface area contributed by atoms with Gasteiger partial charge < -0.3 is 9.80 Å². The van der Waals surface area contributed by atoms with Gasteiger partial charge in [-0.05, 0) is 31.5 Å². The van der Waals surface area contributed by atoms with Gasteiger partial charge in [0.1, 0.15) is 0 Å². The van der Waals surface area contributed by atoms with Crippen LogP contribution in [0.3, 0.4) is 0 Å². The highest BCUT2D eigenvalue weighted by atomic mass is 35.5. The molecule has 0 spiro atoms. The number of para-hydroxylation sites is 1. The number of carbonyl (C=O) groups excluding carboxylic acids is 1. The molecular formula is C17H24ClN3O. The van der Waals surface area contributed by atoms with Crippen LogP contribution in [-0.4, -0.2) is 61.5 Å². The predicted molar refractivity (Wildman–Crippen MR) is 90.5 cm³/mol. The number of anilines is 1. The molecule has 3 rings (SSSR count). The number of rotatable bonds is 5. The number of hydrogen-bond donors (Lipinski definition) is 0. The Kier molecular flexibility index (Phi) is 5.21. The van der Waals surface area contributed by atoms with Gasteiger partial charge in [-0.1, -0.05) is 23.7 Å². The van der Waals surface area contributed by atoms with E-state index in [2.05, 4.69) is 15.9 Å². The van der Waals surface area contributed by atoms with Gasteiger partial charge in [-0.2, -0.15) is 0 Å². The molecule has 2 heterocycles. The lowest BCUT2D eigenvalue weighted by molar-refractivity contribution is -0.127. The number of halogens is 1. The van der Waals surface area contributed by atoms with E-state index in [-0.39, 0.29) is 0 Å². The van der Waals surface area contributed by atoms with Gasteiger partial charge in [0, 0.05) is 45.7 Å². The van der Waals surface area contributed by atoms with E-state index < -0.39 is 0 Å². The number of amides is 1. The lowest BCUT2D eigenvalue weighted by Crippen LogP contribution is -2.47. The first-order valence-electron chi connectivity index (χ1n) is 8.23. The topological polar surface area (TPSA) is 26.8 Å². The molecule has 1 amide bonds. The van der Waals surface area contributed by atoms with Crippen LogP contribution in [0.15, 0.2) is 24.3 Å². The second-order valence-corrected chi connectivity index (χ2v) is 6.53. The van der Waals surface area contributed by atoms with Crippen LogP contribution in [0, 0.1) is 0 Å². The molecule has 2 saturated heterocycles.